The first-order chi connectivity index (χ1) is 13.2. The van der Waals surface area contributed by atoms with Crippen LogP contribution in [-0.4, -0.2) is 30.1 Å². The SMILES string of the molecule is O=C(NCCC1CNc2ccccc21)c1ccc2sc(C(=O)NO)cc2c1. The molecule has 0 bridgehead atoms. The third-order valence-electron chi connectivity index (χ3n) is 4.82. The fourth-order valence-electron chi connectivity index (χ4n) is 3.43. The maximum Gasteiger partial charge on any atom is 0.284 e. The zero-order valence-corrected chi connectivity index (χ0v) is 15.3. The first-order valence-electron chi connectivity index (χ1n) is 8.75. The Morgan fingerprint density at radius 2 is 2.00 bits per heavy atom. The van der Waals surface area contributed by atoms with E-state index in [1.54, 1.807) is 23.7 Å². The average Bonchev–Trinajstić information content (AvgIpc) is 3.31. The molecule has 2 amide bonds. The van der Waals surface area contributed by atoms with Crippen LogP contribution in [0.15, 0.2) is 48.5 Å². The number of amides is 2. The Balaban J connectivity index is 1.39. The minimum Gasteiger partial charge on any atom is -0.384 e. The van der Waals surface area contributed by atoms with Gasteiger partial charge in [-0.15, -0.1) is 11.3 Å². The van der Waals surface area contributed by atoms with Crippen LogP contribution in [0.25, 0.3) is 10.1 Å². The first kappa shape index (κ1) is 17.5. The number of fused-ring (bicyclic) bond motifs is 2. The Bertz CT molecular complexity index is 1010. The summed E-state index contributed by atoms with van der Waals surface area (Å²) in [5.74, 6) is -0.274. The van der Waals surface area contributed by atoms with Crippen molar-refractivity contribution < 1.29 is 14.8 Å². The summed E-state index contributed by atoms with van der Waals surface area (Å²) >= 11 is 1.27. The molecule has 7 heteroatoms. The molecule has 0 spiro atoms. The highest BCUT2D eigenvalue weighted by atomic mass is 32.1. The van der Waals surface area contributed by atoms with Gasteiger partial charge in [-0.2, -0.15) is 0 Å². The van der Waals surface area contributed by atoms with Crippen LogP contribution in [-0.2, 0) is 0 Å². The number of carbonyl (C=O) groups excluding carboxylic acids is 2. The van der Waals surface area contributed by atoms with Crippen LogP contribution in [0.4, 0.5) is 5.69 Å². The third kappa shape index (κ3) is 3.51. The van der Waals surface area contributed by atoms with Crippen molar-refractivity contribution in [1.29, 1.82) is 0 Å². The second-order valence-electron chi connectivity index (χ2n) is 6.51. The maximum absolute atomic E-state index is 12.5. The van der Waals surface area contributed by atoms with E-state index < -0.39 is 5.91 Å². The third-order valence-corrected chi connectivity index (χ3v) is 5.94. The van der Waals surface area contributed by atoms with Gasteiger partial charge in [-0.05, 0) is 47.7 Å². The van der Waals surface area contributed by atoms with Gasteiger partial charge in [-0.25, -0.2) is 5.48 Å². The number of anilines is 1. The molecule has 27 heavy (non-hydrogen) atoms. The molecule has 0 saturated heterocycles. The Morgan fingerprint density at radius 1 is 1.15 bits per heavy atom. The van der Waals surface area contributed by atoms with E-state index in [1.165, 1.54) is 22.6 Å². The van der Waals surface area contributed by atoms with Gasteiger partial charge >= 0.3 is 0 Å². The zero-order valence-electron chi connectivity index (χ0n) is 14.5. The van der Waals surface area contributed by atoms with Crippen LogP contribution >= 0.6 is 11.3 Å². The lowest BCUT2D eigenvalue weighted by Gasteiger charge is -2.11. The van der Waals surface area contributed by atoms with Gasteiger partial charge in [0.2, 0.25) is 0 Å². The Labute approximate surface area is 160 Å². The largest absolute Gasteiger partial charge is 0.384 e. The molecular weight excluding hydrogens is 362 g/mol. The monoisotopic (exact) mass is 381 g/mol. The van der Waals surface area contributed by atoms with Crippen LogP contribution in [0, 0.1) is 0 Å². The molecule has 0 radical (unpaired) electrons. The lowest BCUT2D eigenvalue weighted by Crippen LogP contribution is -2.25. The molecule has 0 saturated carbocycles. The number of nitrogens with one attached hydrogen (secondary N) is 3. The second kappa shape index (κ2) is 7.38. The molecule has 4 rings (SSSR count). The number of hydrogen-bond donors (Lipinski definition) is 4. The highest BCUT2D eigenvalue weighted by molar-refractivity contribution is 7.20. The second-order valence-corrected chi connectivity index (χ2v) is 7.60. The van der Waals surface area contributed by atoms with Gasteiger partial charge < -0.3 is 10.6 Å². The number of rotatable bonds is 5. The van der Waals surface area contributed by atoms with Crippen molar-refractivity contribution in [2.75, 3.05) is 18.4 Å². The average molecular weight is 381 g/mol. The van der Waals surface area contributed by atoms with Crippen molar-refractivity contribution in [2.24, 2.45) is 0 Å². The van der Waals surface area contributed by atoms with E-state index in [0.717, 1.165) is 23.1 Å². The Hall–Kier alpha value is -2.90. The molecule has 1 atom stereocenters. The number of thiophene rings is 1. The molecule has 6 nitrogen and oxygen atoms in total. The van der Waals surface area contributed by atoms with Gasteiger partial charge in [0.25, 0.3) is 11.8 Å². The van der Waals surface area contributed by atoms with Crippen molar-refractivity contribution in [3.05, 3.63) is 64.5 Å². The smallest absolute Gasteiger partial charge is 0.284 e. The first-order valence-corrected chi connectivity index (χ1v) is 9.56. The normalized spacial score (nSPS) is 15.2. The molecule has 4 N–H and O–H groups in total. The lowest BCUT2D eigenvalue weighted by atomic mass is 9.98. The highest BCUT2D eigenvalue weighted by Gasteiger charge is 2.21. The van der Waals surface area contributed by atoms with Crippen molar-refractivity contribution in [2.45, 2.75) is 12.3 Å². The Morgan fingerprint density at radius 3 is 2.85 bits per heavy atom. The summed E-state index contributed by atoms with van der Waals surface area (Å²) < 4.78 is 0.888. The molecular formula is C20H19N3O3S. The van der Waals surface area contributed by atoms with Gasteiger partial charge in [-0.3, -0.25) is 14.8 Å². The summed E-state index contributed by atoms with van der Waals surface area (Å²) in [5, 5.41) is 15.9. The minimum absolute atomic E-state index is 0.129. The fraction of sp³-hybridized carbons (Fsp3) is 0.200. The molecule has 3 aromatic rings. The van der Waals surface area contributed by atoms with E-state index in [1.807, 2.05) is 18.2 Å². The van der Waals surface area contributed by atoms with Crippen molar-refractivity contribution in [1.82, 2.24) is 10.8 Å². The maximum atomic E-state index is 12.5. The van der Waals surface area contributed by atoms with Crippen LogP contribution in [0.2, 0.25) is 0 Å². The van der Waals surface area contributed by atoms with Crippen LogP contribution < -0.4 is 16.1 Å². The summed E-state index contributed by atoms with van der Waals surface area (Å²) in [7, 11) is 0. The summed E-state index contributed by atoms with van der Waals surface area (Å²) in [5.41, 5.74) is 4.67. The van der Waals surface area contributed by atoms with E-state index in [4.69, 9.17) is 5.21 Å². The molecule has 1 aromatic heterocycles. The topological polar surface area (TPSA) is 90.5 Å². The van der Waals surface area contributed by atoms with Crippen molar-refractivity contribution in [3.8, 4) is 0 Å². The van der Waals surface area contributed by atoms with E-state index in [2.05, 4.69) is 22.8 Å². The minimum atomic E-state index is -0.548. The zero-order chi connectivity index (χ0) is 18.8. The van der Waals surface area contributed by atoms with Gasteiger partial charge in [-0.1, -0.05) is 18.2 Å². The number of benzene rings is 2. The quantitative estimate of drug-likeness (QED) is 0.403. The molecule has 1 unspecified atom stereocenters. The predicted octanol–water partition coefficient (Wildman–Crippen LogP) is 3.35. The van der Waals surface area contributed by atoms with E-state index in [9.17, 15) is 9.59 Å². The van der Waals surface area contributed by atoms with Gasteiger partial charge in [0.15, 0.2) is 0 Å². The summed E-state index contributed by atoms with van der Waals surface area (Å²) in [6.07, 6.45) is 0.872. The summed E-state index contributed by atoms with van der Waals surface area (Å²) in [6.45, 7) is 1.49. The number of hydrogen-bond acceptors (Lipinski definition) is 5. The molecule has 2 heterocycles. The molecule has 0 aliphatic carbocycles. The number of hydroxylamine groups is 1. The Kier molecular flexibility index (Phi) is 4.79. The van der Waals surface area contributed by atoms with E-state index in [0.29, 0.717) is 22.9 Å². The predicted molar refractivity (Wildman–Crippen MR) is 106 cm³/mol. The molecule has 1 aliphatic rings. The van der Waals surface area contributed by atoms with Crippen molar-refractivity contribution >= 4 is 38.9 Å². The van der Waals surface area contributed by atoms with Gasteiger partial charge in [0, 0.05) is 35.0 Å². The van der Waals surface area contributed by atoms with Gasteiger partial charge in [0.05, 0.1) is 4.88 Å². The van der Waals surface area contributed by atoms with Crippen LogP contribution in [0.1, 0.15) is 37.9 Å². The van der Waals surface area contributed by atoms with Crippen molar-refractivity contribution in [3.63, 3.8) is 0 Å². The summed E-state index contributed by atoms with van der Waals surface area (Å²) in [4.78, 5) is 24.4. The number of carbonyl (C=O) groups is 2. The number of para-hydroxylation sites is 1. The van der Waals surface area contributed by atoms with Crippen LogP contribution in [0.5, 0.6) is 0 Å². The lowest BCUT2D eigenvalue weighted by molar-refractivity contribution is 0.0711. The van der Waals surface area contributed by atoms with Crippen LogP contribution in [0.3, 0.4) is 0 Å². The molecule has 2 aromatic carbocycles. The van der Waals surface area contributed by atoms with E-state index >= 15 is 0 Å². The fourth-order valence-corrected chi connectivity index (χ4v) is 4.36. The van der Waals surface area contributed by atoms with E-state index in [-0.39, 0.29) is 5.91 Å². The van der Waals surface area contributed by atoms with Gasteiger partial charge in [0.1, 0.15) is 0 Å². The highest BCUT2D eigenvalue weighted by Crippen LogP contribution is 2.32. The molecule has 0 fully saturated rings. The molecule has 1 aliphatic heterocycles. The summed E-state index contributed by atoms with van der Waals surface area (Å²) in [6, 6.07) is 15.3. The standard InChI is InChI=1S/C20H19N3O3S/c24-19(21-8-7-13-11-22-16-4-2-1-3-15(13)16)12-5-6-17-14(9-12)10-18(27-17)20(25)23-26/h1-6,9-10,13,22,26H,7-8,11H2,(H,21,24)(H,23,25). The molecule has 138 valence electrons.